The lowest BCUT2D eigenvalue weighted by atomic mass is 10.1. The van der Waals surface area contributed by atoms with E-state index in [2.05, 4.69) is 15.9 Å². The van der Waals surface area contributed by atoms with E-state index in [9.17, 15) is 0 Å². The quantitative estimate of drug-likeness (QED) is 0.734. The molecule has 2 aromatic rings. The number of aryl methyl sites for hydroxylation is 1. The summed E-state index contributed by atoms with van der Waals surface area (Å²) in [6.45, 7) is 1.97. The molecule has 1 nitrogen and oxygen atoms in total. The van der Waals surface area contributed by atoms with Gasteiger partial charge < -0.3 is 4.42 Å². The maximum absolute atomic E-state index is 6.18. The fourth-order valence-electron chi connectivity index (χ4n) is 1.34. The maximum Gasteiger partial charge on any atom is 0.135 e. The van der Waals surface area contributed by atoms with Crippen molar-refractivity contribution in [2.45, 2.75) is 6.92 Å². The number of furan rings is 1. The minimum atomic E-state index is 0.739. The number of rotatable bonds is 1. The van der Waals surface area contributed by atoms with Crippen molar-refractivity contribution in [2.24, 2.45) is 0 Å². The van der Waals surface area contributed by atoms with Gasteiger partial charge in [0.1, 0.15) is 5.76 Å². The summed E-state index contributed by atoms with van der Waals surface area (Å²) in [5.74, 6) is 0.791. The van der Waals surface area contributed by atoms with Gasteiger partial charge in [0.2, 0.25) is 0 Å². The summed E-state index contributed by atoms with van der Waals surface area (Å²) in [4.78, 5) is 0. The normalized spacial score (nSPS) is 10.5. The van der Waals surface area contributed by atoms with Gasteiger partial charge in [-0.1, -0.05) is 27.5 Å². The average molecular weight is 272 g/mol. The van der Waals surface area contributed by atoms with E-state index in [1.165, 1.54) is 0 Å². The minimum Gasteiger partial charge on any atom is -0.464 e. The lowest BCUT2D eigenvalue weighted by Crippen LogP contribution is -1.82. The first-order chi connectivity index (χ1) is 6.68. The van der Waals surface area contributed by atoms with Gasteiger partial charge in [-0.25, -0.2) is 0 Å². The highest BCUT2D eigenvalue weighted by Crippen LogP contribution is 2.33. The fourth-order valence-corrected chi connectivity index (χ4v) is 2.11. The second-order valence-corrected chi connectivity index (χ2v) is 4.36. The summed E-state index contributed by atoms with van der Waals surface area (Å²) >= 11 is 9.61. The number of halogens is 2. The number of benzene rings is 1. The second-order valence-electron chi connectivity index (χ2n) is 3.06. The Labute approximate surface area is 95.8 Å². The van der Waals surface area contributed by atoms with Gasteiger partial charge in [0, 0.05) is 10.0 Å². The molecule has 14 heavy (non-hydrogen) atoms. The molecule has 0 aliphatic rings. The molecule has 0 spiro atoms. The number of hydrogen-bond donors (Lipinski definition) is 0. The summed E-state index contributed by atoms with van der Waals surface area (Å²) in [5.41, 5.74) is 1.95. The lowest BCUT2D eigenvalue weighted by molar-refractivity contribution is 0.582. The van der Waals surface area contributed by atoms with Gasteiger partial charge in [0.25, 0.3) is 0 Å². The third-order valence-electron chi connectivity index (χ3n) is 2.01. The Morgan fingerprint density at radius 1 is 1.36 bits per heavy atom. The van der Waals surface area contributed by atoms with Crippen molar-refractivity contribution in [3.63, 3.8) is 0 Å². The van der Waals surface area contributed by atoms with Crippen molar-refractivity contribution in [3.8, 4) is 11.3 Å². The smallest absolute Gasteiger partial charge is 0.135 e. The SMILES string of the molecule is Cc1cc(Br)cc(-c2ccco2)c1Cl. The molecule has 0 aliphatic carbocycles. The van der Waals surface area contributed by atoms with Crippen LogP contribution in [0.4, 0.5) is 0 Å². The molecule has 0 saturated heterocycles. The highest BCUT2D eigenvalue weighted by Gasteiger charge is 2.09. The van der Waals surface area contributed by atoms with E-state index in [-0.39, 0.29) is 0 Å². The molecule has 1 aromatic heterocycles. The van der Waals surface area contributed by atoms with Crippen molar-refractivity contribution in [1.29, 1.82) is 0 Å². The maximum atomic E-state index is 6.18. The molecule has 1 heterocycles. The van der Waals surface area contributed by atoms with Crippen LogP contribution in [-0.2, 0) is 0 Å². The molecule has 2 rings (SSSR count). The van der Waals surface area contributed by atoms with Crippen LogP contribution in [0.3, 0.4) is 0 Å². The van der Waals surface area contributed by atoms with E-state index in [1.807, 2.05) is 31.2 Å². The third kappa shape index (κ3) is 1.72. The first kappa shape index (κ1) is 9.81. The van der Waals surface area contributed by atoms with Crippen LogP contribution in [0.25, 0.3) is 11.3 Å². The largest absolute Gasteiger partial charge is 0.464 e. The molecule has 72 valence electrons. The van der Waals surface area contributed by atoms with Gasteiger partial charge >= 0.3 is 0 Å². The lowest BCUT2D eigenvalue weighted by Gasteiger charge is -2.05. The second kappa shape index (κ2) is 3.79. The van der Waals surface area contributed by atoms with Crippen molar-refractivity contribution in [3.05, 3.63) is 45.6 Å². The van der Waals surface area contributed by atoms with E-state index in [0.717, 1.165) is 26.4 Å². The van der Waals surface area contributed by atoms with E-state index >= 15 is 0 Å². The van der Waals surface area contributed by atoms with Crippen molar-refractivity contribution in [2.75, 3.05) is 0 Å². The van der Waals surface area contributed by atoms with Crippen LogP contribution >= 0.6 is 27.5 Å². The first-order valence-electron chi connectivity index (χ1n) is 4.18. The molecule has 0 aliphatic heterocycles. The van der Waals surface area contributed by atoms with Crippen molar-refractivity contribution in [1.82, 2.24) is 0 Å². The summed E-state index contributed by atoms with van der Waals surface area (Å²) in [7, 11) is 0. The summed E-state index contributed by atoms with van der Waals surface area (Å²) in [6.07, 6.45) is 1.64. The summed E-state index contributed by atoms with van der Waals surface area (Å²) in [5, 5.41) is 0.739. The Kier molecular flexibility index (Phi) is 2.66. The predicted octanol–water partition coefficient (Wildman–Crippen LogP) is 4.67. The Balaban J connectivity index is 2.64. The van der Waals surface area contributed by atoms with Crippen LogP contribution in [0.1, 0.15) is 5.56 Å². The van der Waals surface area contributed by atoms with Crippen LogP contribution in [0.2, 0.25) is 5.02 Å². The molecule has 0 amide bonds. The summed E-state index contributed by atoms with van der Waals surface area (Å²) < 4.78 is 6.31. The van der Waals surface area contributed by atoms with Gasteiger partial charge in [-0.05, 0) is 36.8 Å². The molecule has 3 heteroatoms. The highest BCUT2D eigenvalue weighted by molar-refractivity contribution is 9.10. The van der Waals surface area contributed by atoms with Crippen LogP contribution in [0.15, 0.2) is 39.4 Å². The molecule has 0 unspecified atom stereocenters. The van der Waals surface area contributed by atoms with Crippen LogP contribution in [0.5, 0.6) is 0 Å². The van der Waals surface area contributed by atoms with Gasteiger partial charge in [-0.2, -0.15) is 0 Å². The molecule has 0 bridgehead atoms. The van der Waals surface area contributed by atoms with Crippen molar-refractivity contribution >= 4 is 27.5 Å². The first-order valence-corrected chi connectivity index (χ1v) is 5.35. The van der Waals surface area contributed by atoms with E-state index in [4.69, 9.17) is 16.0 Å². The van der Waals surface area contributed by atoms with Crippen LogP contribution in [0, 0.1) is 6.92 Å². The van der Waals surface area contributed by atoms with E-state index < -0.39 is 0 Å². The molecule has 0 saturated carbocycles. The van der Waals surface area contributed by atoms with Gasteiger partial charge in [0.15, 0.2) is 0 Å². The van der Waals surface area contributed by atoms with E-state index in [1.54, 1.807) is 6.26 Å². The average Bonchev–Trinajstić information content (AvgIpc) is 2.63. The molecular formula is C11H8BrClO. The Morgan fingerprint density at radius 3 is 2.79 bits per heavy atom. The highest BCUT2D eigenvalue weighted by atomic mass is 79.9. The summed E-state index contributed by atoms with van der Waals surface area (Å²) in [6, 6.07) is 7.68. The van der Waals surface area contributed by atoms with Crippen LogP contribution in [-0.4, -0.2) is 0 Å². The molecular weight excluding hydrogens is 263 g/mol. The zero-order valence-corrected chi connectivity index (χ0v) is 9.89. The Hall–Kier alpha value is -0.730. The molecule has 0 N–H and O–H groups in total. The molecule has 0 atom stereocenters. The molecule has 1 aromatic carbocycles. The zero-order chi connectivity index (χ0) is 10.1. The number of hydrogen-bond acceptors (Lipinski definition) is 1. The van der Waals surface area contributed by atoms with E-state index in [0.29, 0.717) is 0 Å². The fraction of sp³-hybridized carbons (Fsp3) is 0.0909. The van der Waals surface area contributed by atoms with Crippen molar-refractivity contribution < 1.29 is 4.42 Å². The third-order valence-corrected chi connectivity index (χ3v) is 2.97. The van der Waals surface area contributed by atoms with Gasteiger partial charge in [-0.3, -0.25) is 0 Å². The molecule has 0 fully saturated rings. The standard InChI is InChI=1S/C11H8BrClO/c1-7-5-8(12)6-9(11(7)13)10-3-2-4-14-10/h2-6H,1H3. The van der Waals surface area contributed by atoms with Crippen LogP contribution < -0.4 is 0 Å². The Bertz CT molecular complexity index is 449. The predicted molar refractivity (Wildman–Crippen MR) is 61.6 cm³/mol. The Morgan fingerprint density at radius 2 is 2.14 bits per heavy atom. The van der Waals surface area contributed by atoms with Gasteiger partial charge in [0.05, 0.1) is 11.3 Å². The topological polar surface area (TPSA) is 13.1 Å². The monoisotopic (exact) mass is 270 g/mol. The molecule has 0 radical (unpaired) electrons. The zero-order valence-electron chi connectivity index (χ0n) is 7.55. The minimum absolute atomic E-state index is 0.739. The van der Waals surface area contributed by atoms with Gasteiger partial charge in [-0.15, -0.1) is 0 Å².